The molecule has 0 saturated carbocycles. The number of nitrogens with one attached hydrogen (secondary N) is 1. The Morgan fingerprint density at radius 3 is 2.50 bits per heavy atom. The number of nitrogens with two attached hydrogens (primary N) is 1. The van der Waals surface area contributed by atoms with Gasteiger partial charge >= 0.3 is 6.18 Å². The minimum Gasteiger partial charge on any atom is -0.480 e. The smallest absolute Gasteiger partial charge is 0.405 e. The van der Waals surface area contributed by atoms with Gasteiger partial charge in [0.15, 0.2) is 6.10 Å². The average Bonchev–Trinajstić information content (AvgIpc) is 2.35. The number of carbonyl (C=O) groups is 2. The Kier molecular flexibility index (Phi) is 4.95. The van der Waals surface area contributed by atoms with Crippen LogP contribution in [-0.4, -0.2) is 30.6 Å². The first-order chi connectivity index (χ1) is 9.20. The number of hydrogen-bond acceptors (Lipinski definition) is 3. The molecular formula is C12H13F3N2O3. The number of halogens is 3. The molecule has 3 N–H and O–H groups in total. The van der Waals surface area contributed by atoms with Crippen molar-refractivity contribution in [3.63, 3.8) is 0 Å². The standard InChI is InChI=1S/C12H13F3N2O3/c1-7(11(19)17-6-12(13,14)15)20-9-5-3-2-4-8(9)10(16)18/h2-5,7H,6H2,1H3,(H2,16,18)(H,17,19)/t7-/m1/s1. The van der Waals surface area contributed by atoms with Crippen LogP contribution in [0.4, 0.5) is 13.2 Å². The number of rotatable bonds is 5. The lowest BCUT2D eigenvalue weighted by atomic mass is 10.2. The summed E-state index contributed by atoms with van der Waals surface area (Å²) in [7, 11) is 0. The van der Waals surface area contributed by atoms with Crippen molar-refractivity contribution in [2.24, 2.45) is 5.73 Å². The number of amides is 2. The van der Waals surface area contributed by atoms with Crippen molar-refractivity contribution >= 4 is 11.8 Å². The number of hydrogen-bond donors (Lipinski definition) is 2. The monoisotopic (exact) mass is 290 g/mol. The molecule has 1 rings (SSSR count). The maximum absolute atomic E-state index is 12.0. The number of alkyl halides is 3. The zero-order valence-corrected chi connectivity index (χ0v) is 10.5. The first-order valence-corrected chi connectivity index (χ1v) is 5.60. The summed E-state index contributed by atoms with van der Waals surface area (Å²) >= 11 is 0. The van der Waals surface area contributed by atoms with E-state index >= 15 is 0 Å². The second-order valence-electron chi connectivity index (χ2n) is 3.95. The fourth-order valence-electron chi connectivity index (χ4n) is 1.35. The summed E-state index contributed by atoms with van der Waals surface area (Å²) in [6, 6.07) is 5.87. The van der Waals surface area contributed by atoms with Crippen molar-refractivity contribution in [1.29, 1.82) is 0 Å². The van der Waals surface area contributed by atoms with Crippen molar-refractivity contribution < 1.29 is 27.5 Å². The van der Waals surface area contributed by atoms with Gasteiger partial charge in [-0.15, -0.1) is 0 Å². The molecule has 0 aliphatic heterocycles. The molecule has 0 spiro atoms. The highest BCUT2D eigenvalue weighted by Gasteiger charge is 2.29. The third kappa shape index (κ3) is 4.79. The van der Waals surface area contributed by atoms with Crippen molar-refractivity contribution in [1.82, 2.24) is 5.32 Å². The van der Waals surface area contributed by atoms with E-state index in [4.69, 9.17) is 10.5 Å². The Labute approximate surface area is 112 Å². The maximum Gasteiger partial charge on any atom is 0.405 e. The fraction of sp³-hybridized carbons (Fsp3) is 0.333. The summed E-state index contributed by atoms with van der Waals surface area (Å²) in [4.78, 5) is 22.5. The molecule has 20 heavy (non-hydrogen) atoms. The van der Waals surface area contributed by atoms with Crippen LogP contribution >= 0.6 is 0 Å². The van der Waals surface area contributed by atoms with Crippen LogP contribution in [0.2, 0.25) is 0 Å². The van der Waals surface area contributed by atoms with Crippen molar-refractivity contribution in [2.75, 3.05) is 6.54 Å². The minimum atomic E-state index is -4.50. The Balaban J connectivity index is 2.69. The van der Waals surface area contributed by atoms with Gasteiger partial charge in [0.05, 0.1) is 5.56 Å². The molecule has 0 heterocycles. The summed E-state index contributed by atoms with van der Waals surface area (Å²) in [5.74, 6) is -1.67. The number of para-hydroxylation sites is 1. The second kappa shape index (κ2) is 6.27. The highest BCUT2D eigenvalue weighted by Crippen LogP contribution is 2.19. The van der Waals surface area contributed by atoms with Crippen molar-refractivity contribution in [3.8, 4) is 5.75 Å². The van der Waals surface area contributed by atoms with Gasteiger partial charge in [-0.3, -0.25) is 9.59 Å². The highest BCUT2D eigenvalue weighted by molar-refractivity contribution is 5.95. The molecule has 0 radical (unpaired) electrons. The topological polar surface area (TPSA) is 81.4 Å². The first kappa shape index (κ1) is 15.8. The van der Waals surface area contributed by atoms with E-state index in [1.54, 1.807) is 17.4 Å². The van der Waals surface area contributed by atoms with E-state index in [0.717, 1.165) is 0 Å². The van der Waals surface area contributed by atoms with Gasteiger partial charge in [0.25, 0.3) is 11.8 Å². The molecule has 0 bridgehead atoms. The van der Waals surface area contributed by atoms with Gasteiger partial charge in [0.2, 0.25) is 0 Å². The van der Waals surface area contributed by atoms with E-state index in [2.05, 4.69) is 0 Å². The van der Waals surface area contributed by atoms with E-state index in [0.29, 0.717) is 0 Å². The normalized spacial score (nSPS) is 12.6. The minimum absolute atomic E-state index is 0.0367. The number of primary amides is 1. The van der Waals surface area contributed by atoms with E-state index in [9.17, 15) is 22.8 Å². The lowest BCUT2D eigenvalue weighted by Gasteiger charge is -2.16. The van der Waals surface area contributed by atoms with E-state index in [1.807, 2.05) is 0 Å². The summed E-state index contributed by atoms with van der Waals surface area (Å²) in [5.41, 5.74) is 5.16. The van der Waals surface area contributed by atoms with Crippen LogP contribution in [-0.2, 0) is 4.79 Å². The van der Waals surface area contributed by atoms with Gasteiger partial charge in [-0.25, -0.2) is 0 Å². The molecule has 2 amide bonds. The average molecular weight is 290 g/mol. The molecule has 1 aromatic rings. The molecule has 0 aromatic heterocycles. The predicted molar refractivity (Wildman–Crippen MR) is 64.1 cm³/mol. The summed E-state index contributed by atoms with van der Waals surface area (Å²) in [6.45, 7) is -0.180. The second-order valence-corrected chi connectivity index (χ2v) is 3.95. The molecule has 5 nitrogen and oxygen atoms in total. The molecule has 8 heteroatoms. The molecule has 1 atom stereocenters. The Hall–Kier alpha value is -2.25. The van der Waals surface area contributed by atoms with Crippen LogP contribution in [0.15, 0.2) is 24.3 Å². The SMILES string of the molecule is C[C@@H](Oc1ccccc1C(N)=O)C(=O)NCC(F)(F)F. The third-order valence-corrected chi connectivity index (χ3v) is 2.29. The third-order valence-electron chi connectivity index (χ3n) is 2.29. The Morgan fingerprint density at radius 2 is 1.95 bits per heavy atom. The maximum atomic E-state index is 12.0. The molecule has 0 unspecified atom stereocenters. The van der Waals surface area contributed by atoms with E-state index < -0.39 is 30.6 Å². The van der Waals surface area contributed by atoms with Crippen molar-refractivity contribution in [2.45, 2.75) is 19.2 Å². The number of carbonyl (C=O) groups excluding carboxylic acids is 2. The van der Waals surface area contributed by atoms with Crippen LogP contribution in [0, 0.1) is 0 Å². The Morgan fingerprint density at radius 1 is 1.35 bits per heavy atom. The zero-order chi connectivity index (χ0) is 15.3. The van der Waals surface area contributed by atoms with E-state index in [1.165, 1.54) is 19.1 Å². The first-order valence-electron chi connectivity index (χ1n) is 5.60. The molecule has 0 saturated heterocycles. The van der Waals surface area contributed by atoms with Gasteiger partial charge in [0, 0.05) is 0 Å². The van der Waals surface area contributed by atoms with Crippen LogP contribution in [0.25, 0.3) is 0 Å². The van der Waals surface area contributed by atoms with Gasteiger partial charge in [-0.1, -0.05) is 12.1 Å². The van der Waals surface area contributed by atoms with Gasteiger partial charge in [-0.2, -0.15) is 13.2 Å². The van der Waals surface area contributed by atoms with Crippen LogP contribution in [0.5, 0.6) is 5.75 Å². The van der Waals surface area contributed by atoms with Crippen LogP contribution < -0.4 is 15.8 Å². The van der Waals surface area contributed by atoms with E-state index in [-0.39, 0.29) is 11.3 Å². The van der Waals surface area contributed by atoms with Crippen LogP contribution in [0.1, 0.15) is 17.3 Å². The van der Waals surface area contributed by atoms with Gasteiger partial charge in [0.1, 0.15) is 12.3 Å². The Bertz CT molecular complexity index is 503. The molecule has 110 valence electrons. The summed E-state index contributed by atoms with van der Waals surface area (Å²) in [6.07, 6.45) is -5.70. The molecule has 0 fully saturated rings. The van der Waals surface area contributed by atoms with Gasteiger partial charge in [-0.05, 0) is 19.1 Å². The molecular weight excluding hydrogens is 277 g/mol. The lowest BCUT2D eigenvalue weighted by molar-refractivity contribution is -0.142. The molecule has 0 aliphatic rings. The highest BCUT2D eigenvalue weighted by atomic mass is 19.4. The largest absolute Gasteiger partial charge is 0.480 e. The number of benzene rings is 1. The summed E-state index contributed by atoms with van der Waals surface area (Å²) < 4.78 is 41.0. The predicted octanol–water partition coefficient (Wildman–Crippen LogP) is 1.23. The number of ether oxygens (including phenoxy) is 1. The van der Waals surface area contributed by atoms with Crippen molar-refractivity contribution in [3.05, 3.63) is 29.8 Å². The molecule has 1 aromatic carbocycles. The molecule has 0 aliphatic carbocycles. The van der Waals surface area contributed by atoms with Crippen LogP contribution in [0.3, 0.4) is 0 Å². The fourth-order valence-corrected chi connectivity index (χ4v) is 1.35. The zero-order valence-electron chi connectivity index (χ0n) is 10.5. The lowest BCUT2D eigenvalue weighted by Crippen LogP contribution is -2.41. The quantitative estimate of drug-likeness (QED) is 0.855. The van der Waals surface area contributed by atoms with Gasteiger partial charge < -0.3 is 15.8 Å². The summed E-state index contributed by atoms with van der Waals surface area (Å²) in [5, 5.41) is 1.69.